The molecule has 0 radical (unpaired) electrons. The molecule has 0 saturated heterocycles. The monoisotopic (exact) mass is 527 g/mol. The summed E-state index contributed by atoms with van der Waals surface area (Å²) in [6.07, 6.45) is 15.4. The van der Waals surface area contributed by atoms with Gasteiger partial charge in [0.1, 0.15) is 0 Å². The van der Waals surface area contributed by atoms with E-state index in [-0.39, 0.29) is 10.8 Å². The first kappa shape index (κ1) is 29.4. The predicted octanol–water partition coefficient (Wildman–Crippen LogP) is 10.6. The average Bonchev–Trinajstić information content (AvgIpc) is 3.01. The number of nitriles is 1. The Labute approximate surface area is 243 Å². The van der Waals surface area contributed by atoms with E-state index in [1.54, 1.807) is 0 Å². The number of hydrogen-bond donors (Lipinski definition) is 0. The number of nitrogens with zero attached hydrogens (tertiary/aromatic N) is 1. The average molecular weight is 528 g/mol. The molecule has 3 aromatic carbocycles. The molecule has 40 heavy (non-hydrogen) atoms. The number of benzene rings is 3. The van der Waals surface area contributed by atoms with Crippen LogP contribution in [0.5, 0.6) is 0 Å². The maximum atomic E-state index is 9.32. The molecule has 0 aromatic heterocycles. The summed E-state index contributed by atoms with van der Waals surface area (Å²) in [7, 11) is 0. The van der Waals surface area contributed by atoms with Gasteiger partial charge < -0.3 is 0 Å². The Morgan fingerprint density at radius 1 is 0.925 bits per heavy atom. The van der Waals surface area contributed by atoms with Gasteiger partial charge in [0.2, 0.25) is 0 Å². The molecule has 1 heteroatoms. The first-order valence-corrected chi connectivity index (χ1v) is 15.3. The van der Waals surface area contributed by atoms with E-state index >= 15 is 0 Å². The highest BCUT2D eigenvalue weighted by Gasteiger charge is 2.36. The van der Waals surface area contributed by atoms with Crippen molar-refractivity contribution in [2.45, 2.75) is 95.3 Å². The summed E-state index contributed by atoms with van der Waals surface area (Å²) < 4.78 is 0. The normalized spacial score (nSPS) is 20.0. The van der Waals surface area contributed by atoms with Gasteiger partial charge in [0.15, 0.2) is 0 Å². The van der Waals surface area contributed by atoms with Crippen LogP contribution in [0.3, 0.4) is 0 Å². The molecule has 1 aliphatic rings. The third-order valence-corrected chi connectivity index (χ3v) is 9.29. The van der Waals surface area contributed by atoms with Crippen LogP contribution in [0.2, 0.25) is 0 Å². The fraction of sp³-hybridized carbons (Fsp3) is 0.410. The number of rotatable bonds is 12. The minimum absolute atomic E-state index is 0.0386. The molecule has 206 valence electrons. The maximum absolute atomic E-state index is 9.32. The summed E-state index contributed by atoms with van der Waals surface area (Å²) >= 11 is 0. The Morgan fingerprint density at radius 3 is 2.33 bits per heavy atom. The lowest BCUT2D eigenvalue weighted by molar-refractivity contribution is 0.247. The van der Waals surface area contributed by atoms with Gasteiger partial charge in [-0.1, -0.05) is 105 Å². The Hall–Kier alpha value is -3.55. The van der Waals surface area contributed by atoms with Crippen molar-refractivity contribution in [2.24, 2.45) is 5.92 Å². The predicted molar refractivity (Wildman–Crippen MR) is 170 cm³/mol. The van der Waals surface area contributed by atoms with E-state index in [0.717, 1.165) is 24.3 Å². The topological polar surface area (TPSA) is 23.8 Å². The molecule has 3 aromatic rings. The molecule has 0 aliphatic heterocycles. The van der Waals surface area contributed by atoms with Gasteiger partial charge in [0.25, 0.3) is 0 Å². The Kier molecular flexibility index (Phi) is 10.4. The highest BCUT2D eigenvalue weighted by Crippen LogP contribution is 2.45. The van der Waals surface area contributed by atoms with E-state index in [1.165, 1.54) is 74.5 Å². The summed E-state index contributed by atoms with van der Waals surface area (Å²) in [5.41, 5.74) is 6.07. The third-order valence-electron chi connectivity index (χ3n) is 9.29. The van der Waals surface area contributed by atoms with Crippen LogP contribution in [-0.2, 0) is 10.8 Å². The van der Waals surface area contributed by atoms with Crippen LogP contribution < -0.4 is 0 Å². The first-order valence-electron chi connectivity index (χ1n) is 15.3. The molecule has 0 spiro atoms. The molecule has 1 unspecified atom stereocenters. The van der Waals surface area contributed by atoms with Gasteiger partial charge in [-0.25, -0.2) is 0 Å². The van der Waals surface area contributed by atoms with Crippen LogP contribution in [-0.4, -0.2) is 0 Å². The first-order chi connectivity index (χ1) is 19.6. The quantitative estimate of drug-likeness (QED) is 0.170. The van der Waals surface area contributed by atoms with Gasteiger partial charge in [0.05, 0.1) is 17.0 Å². The van der Waals surface area contributed by atoms with Crippen molar-refractivity contribution in [2.75, 3.05) is 0 Å². The Balaban J connectivity index is 1.45. The lowest BCUT2D eigenvalue weighted by Gasteiger charge is -2.38. The van der Waals surface area contributed by atoms with E-state index in [4.69, 9.17) is 0 Å². The summed E-state index contributed by atoms with van der Waals surface area (Å²) in [6.45, 7) is 8.37. The molecular weight excluding hydrogens is 482 g/mol. The zero-order valence-electron chi connectivity index (χ0n) is 24.6. The van der Waals surface area contributed by atoms with Crippen molar-refractivity contribution in [3.05, 3.63) is 108 Å². The van der Waals surface area contributed by atoms with E-state index in [1.807, 2.05) is 25.1 Å². The summed E-state index contributed by atoms with van der Waals surface area (Å²) in [5, 5.41) is 9.32. The van der Waals surface area contributed by atoms with Crippen molar-refractivity contribution in [1.29, 1.82) is 5.26 Å². The SMILES string of the molecule is C=CCCC(CCC)(CCCC1CCC(C#CC)(c2ccccc2)CC1)c1ccc(-c2cccc(C#N)c2)cc1. The van der Waals surface area contributed by atoms with Crippen molar-refractivity contribution in [3.63, 3.8) is 0 Å². The van der Waals surface area contributed by atoms with Gasteiger partial charge in [-0.15, -0.1) is 12.5 Å². The summed E-state index contributed by atoms with van der Waals surface area (Å²) in [6, 6.07) is 30.4. The van der Waals surface area contributed by atoms with Crippen LogP contribution >= 0.6 is 0 Å². The van der Waals surface area contributed by atoms with Gasteiger partial charge >= 0.3 is 0 Å². The molecule has 4 rings (SSSR count). The Morgan fingerprint density at radius 2 is 1.68 bits per heavy atom. The van der Waals surface area contributed by atoms with Crippen LogP contribution in [0, 0.1) is 29.1 Å². The zero-order valence-corrected chi connectivity index (χ0v) is 24.6. The van der Waals surface area contributed by atoms with E-state index in [0.29, 0.717) is 5.56 Å². The van der Waals surface area contributed by atoms with Gasteiger partial charge in [0, 0.05) is 0 Å². The Bertz CT molecular complexity index is 1320. The van der Waals surface area contributed by atoms with Crippen LogP contribution in [0.4, 0.5) is 0 Å². The number of hydrogen-bond acceptors (Lipinski definition) is 1. The van der Waals surface area contributed by atoms with E-state index in [9.17, 15) is 5.26 Å². The molecular formula is C39H45N. The van der Waals surface area contributed by atoms with Crippen molar-refractivity contribution in [3.8, 4) is 29.0 Å². The van der Waals surface area contributed by atoms with Crippen LogP contribution in [0.25, 0.3) is 11.1 Å². The molecule has 0 amide bonds. The van der Waals surface area contributed by atoms with Crippen molar-refractivity contribution >= 4 is 0 Å². The standard InChI is InChI=1S/C39H45N/c1-4-7-26-38(24-5-2,37-20-18-34(19-21-37)35-15-11-13-33(30-35)31-40)27-12-14-32-22-28-39(25-6-3,29-23-32)36-16-9-8-10-17-36/h4,8-11,13,15-21,30,32H,1,5,7,12,14,22-24,26-29H2,2-3H3. The fourth-order valence-electron chi connectivity index (χ4n) is 7.12. The highest BCUT2D eigenvalue weighted by atomic mass is 14.4. The smallest absolute Gasteiger partial charge is 0.0991 e. The minimum Gasteiger partial charge on any atom is -0.192 e. The second-order valence-corrected chi connectivity index (χ2v) is 11.8. The second kappa shape index (κ2) is 14.2. The van der Waals surface area contributed by atoms with Crippen LogP contribution in [0.15, 0.2) is 91.5 Å². The highest BCUT2D eigenvalue weighted by molar-refractivity contribution is 5.65. The molecule has 1 nitrogen and oxygen atoms in total. The maximum Gasteiger partial charge on any atom is 0.0991 e. The summed E-state index contributed by atoms with van der Waals surface area (Å²) in [4.78, 5) is 0. The van der Waals surface area contributed by atoms with E-state index < -0.39 is 0 Å². The lowest BCUT2D eigenvalue weighted by Crippen LogP contribution is -2.31. The largest absolute Gasteiger partial charge is 0.192 e. The summed E-state index contributed by atoms with van der Waals surface area (Å²) in [5.74, 6) is 7.67. The minimum atomic E-state index is 0.0386. The van der Waals surface area contributed by atoms with Gasteiger partial charge in [-0.05, 0) is 104 Å². The molecule has 1 fully saturated rings. The zero-order chi connectivity index (χ0) is 28.3. The third kappa shape index (κ3) is 6.95. The molecule has 1 saturated carbocycles. The molecule has 0 N–H and O–H groups in total. The van der Waals surface area contributed by atoms with Gasteiger partial charge in [-0.2, -0.15) is 5.26 Å². The van der Waals surface area contributed by atoms with E-state index in [2.05, 4.69) is 98.2 Å². The molecule has 0 bridgehead atoms. The van der Waals surface area contributed by atoms with Crippen molar-refractivity contribution in [1.82, 2.24) is 0 Å². The molecule has 1 aliphatic carbocycles. The van der Waals surface area contributed by atoms with Crippen LogP contribution in [0.1, 0.15) is 101 Å². The number of allylic oxidation sites excluding steroid dienone is 1. The fourth-order valence-corrected chi connectivity index (χ4v) is 7.12. The molecule has 1 atom stereocenters. The van der Waals surface area contributed by atoms with Crippen molar-refractivity contribution < 1.29 is 0 Å². The lowest BCUT2D eigenvalue weighted by atomic mass is 9.65. The molecule has 0 heterocycles. The van der Waals surface area contributed by atoms with Gasteiger partial charge in [-0.3, -0.25) is 0 Å². The second-order valence-electron chi connectivity index (χ2n) is 11.8.